The molecule has 1 saturated heterocycles. The summed E-state index contributed by atoms with van der Waals surface area (Å²) in [5.74, 6) is -0.519. The first kappa shape index (κ1) is 9.80. The summed E-state index contributed by atoms with van der Waals surface area (Å²) in [7, 11) is 0. The van der Waals surface area contributed by atoms with Crippen molar-refractivity contribution in [2.75, 3.05) is 11.5 Å². The monoisotopic (exact) mass is 194 g/mol. The molecule has 2 unspecified atom stereocenters. The minimum Gasteiger partial charge on any atom is -0.479 e. The second kappa shape index (κ2) is 3.62. The van der Waals surface area contributed by atoms with E-state index in [2.05, 4.69) is 0 Å². The maximum absolute atomic E-state index is 12.9. The van der Waals surface area contributed by atoms with Gasteiger partial charge in [0, 0.05) is 5.75 Å². The van der Waals surface area contributed by atoms with Crippen molar-refractivity contribution in [3.63, 3.8) is 0 Å². The average Bonchev–Trinajstić information content (AvgIpc) is 2.04. The van der Waals surface area contributed by atoms with Gasteiger partial charge in [0.2, 0.25) is 6.17 Å². The van der Waals surface area contributed by atoms with Gasteiger partial charge in [0.1, 0.15) is 5.60 Å². The number of hydrogen-bond acceptors (Lipinski definition) is 3. The molecule has 5 heteroatoms. The van der Waals surface area contributed by atoms with E-state index in [1.54, 1.807) is 0 Å². The van der Waals surface area contributed by atoms with Gasteiger partial charge < -0.3 is 10.2 Å². The Morgan fingerprint density at radius 2 is 2.33 bits per heavy atom. The van der Waals surface area contributed by atoms with Crippen LogP contribution in [0.5, 0.6) is 0 Å². The van der Waals surface area contributed by atoms with Crippen LogP contribution in [0, 0.1) is 0 Å². The van der Waals surface area contributed by atoms with E-state index in [0.29, 0.717) is 6.42 Å². The van der Waals surface area contributed by atoms with Crippen LogP contribution in [0.15, 0.2) is 0 Å². The van der Waals surface area contributed by atoms with E-state index in [1.807, 2.05) is 0 Å². The van der Waals surface area contributed by atoms with Gasteiger partial charge in [0.25, 0.3) is 0 Å². The van der Waals surface area contributed by atoms with Gasteiger partial charge >= 0.3 is 5.97 Å². The Morgan fingerprint density at radius 3 is 2.75 bits per heavy atom. The van der Waals surface area contributed by atoms with Crippen molar-refractivity contribution in [3.8, 4) is 0 Å². The van der Waals surface area contributed by atoms with E-state index in [0.717, 1.165) is 5.75 Å². The number of carbonyl (C=O) groups is 1. The smallest absolute Gasteiger partial charge is 0.341 e. The van der Waals surface area contributed by atoms with Gasteiger partial charge in [0.15, 0.2) is 0 Å². The Kier molecular flexibility index (Phi) is 2.95. The lowest BCUT2D eigenvalue weighted by Gasteiger charge is -2.32. The van der Waals surface area contributed by atoms with Crippen LogP contribution in [0.25, 0.3) is 0 Å². The molecule has 1 aliphatic rings. The molecule has 70 valence electrons. The first-order valence-corrected chi connectivity index (χ1v) is 4.89. The summed E-state index contributed by atoms with van der Waals surface area (Å²) in [6, 6.07) is 0. The molecule has 1 heterocycles. The molecule has 0 bridgehead atoms. The quantitative estimate of drug-likeness (QED) is 0.678. The minimum absolute atomic E-state index is 0.181. The SMILES string of the molecule is O=C(O)C(F)C1(O)CCCSC1. The van der Waals surface area contributed by atoms with Crippen LogP contribution in [0.3, 0.4) is 0 Å². The average molecular weight is 194 g/mol. The van der Waals surface area contributed by atoms with Crippen molar-refractivity contribution in [2.24, 2.45) is 0 Å². The number of hydrogen-bond donors (Lipinski definition) is 2. The summed E-state index contributed by atoms with van der Waals surface area (Å²) >= 11 is 1.39. The lowest BCUT2D eigenvalue weighted by Crippen LogP contribution is -2.48. The molecule has 1 aliphatic heterocycles. The van der Waals surface area contributed by atoms with Crippen LogP contribution in [0.1, 0.15) is 12.8 Å². The number of rotatable bonds is 2. The Balaban J connectivity index is 2.62. The van der Waals surface area contributed by atoms with Gasteiger partial charge in [-0.15, -0.1) is 0 Å². The van der Waals surface area contributed by atoms with Crippen molar-refractivity contribution in [2.45, 2.75) is 24.6 Å². The van der Waals surface area contributed by atoms with Gasteiger partial charge in [-0.3, -0.25) is 0 Å². The molecule has 2 atom stereocenters. The zero-order valence-corrected chi connectivity index (χ0v) is 7.31. The summed E-state index contributed by atoms with van der Waals surface area (Å²) in [5.41, 5.74) is -1.64. The van der Waals surface area contributed by atoms with Crippen LogP contribution in [0.2, 0.25) is 0 Å². The maximum Gasteiger partial charge on any atom is 0.341 e. The number of aliphatic carboxylic acids is 1. The number of alkyl halides is 1. The number of aliphatic hydroxyl groups is 1. The first-order chi connectivity index (χ1) is 5.56. The zero-order chi connectivity index (χ0) is 9.19. The molecule has 0 aromatic rings. The molecule has 0 aromatic carbocycles. The fraction of sp³-hybridized carbons (Fsp3) is 0.857. The van der Waals surface area contributed by atoms with E-state index < -0.39 is 17.7 Å². The Labute approximate surface area is 74.0 Å². The third-order valence-corrected chi connectivity index (χ3v) is 3.22. The van der Waals surface area contributed by atoms with Crippen LogP contribution in [0.4, 0.5) is 4.39 Å². The summed E-state index contributed by atoms with van der Waals surface area (Å²) in [6.07, 6.45) is -1.23. The molecule has 12 heavy (non-hydrogen) atoms. The van der Waals surface area contributed by atoms with E-state index in [1.165, 1.54) is 11.8 Å². The second-order valence-corrected chi connectivity index (χ2v) is 4.07. The highest BCUT2D eigenvalue weighted by Crippen LogP contribution is 2.31. The second-order valence-electron chi connectivity index (χ2n) is 2.96. The van der Waals surface area contributed by atoms with Crippen molar-refractivity contribution in [3.05, 3.63) is 0 Å². The number of carboxylic acids is 1. The summed E-state index contributed by atoms with van der Waals surface area (Å²) in [6.45, 7) is 0. The van der Waals surface area contributed by atoms with Crippen molar-refractivity contribution in [1.29, 1.82) is 0 Å². The topological polar surface area (TPSA) is 57.5 Å². The molecule has 0 radical (unpaired) electrons. The standard InChI is InChI=1S/C7H11FO3S/c8-5(6(9)10)7(11)2-1-3-12-4-7/h5,11H,1-4H2,(H,9,10). The van der Waals surface area contributed by atoms with Gasteiger partial charge in [0.05, 0.1) is 0 Å². The minimum atomic E-state index is -2.15. The largest absolute Gasteiger partial charge is 0.479 e. The predicted molar refractivity (Wildman–Crippen MR) is 44.0 cm³/mol. The molecule has 0 spiro atoms. The third-order valence-electron chi connectivity index (χ3n) is 1.94. The van der Waals surface area contributed by atoms with Gasteiger partial charge in [-0.05, 0) is 18.6 Å². The van der Waals surface area contributed by atoms with Crippen molar-refractivity contribution in [1.82, 2.24) is 0 Å². The molecule has 3 nitrogen and oxygen atoms in total. The zero-order valence-electron chi connectivity index (χ0n) is 6.49. The molecule has 0 aromatic heterocycles. The van der Waals surface area contributed by atoms with Crippen LogP contribution in [-0.4, -0.2) is 39.5 Å². The van der Waals surface area contributed by atoms with Gasteiger partial charge in [-0.25, -0.2) is 9.18 Å². The van der Waals surface area contributed by atoms with E-state index in [4.69, 9.17) is 5.11 Å². The fourth-order valence-corrected chi connectivity index (χ4v) is 2.37. The Morgan fingerprint density at radius 1 is 1.67 bits per heavy atom. The highest BCUT2D eigenvalue weighted by molar-refractivity contribution is 7.99. The van der Waals surface area contributed by atoms with Crippen LogP contribution in [-0.2, 0) is 4.79 Å². The van der Waals surface area contributed by atoms with Crippen LogP contribution >= 0.6 is 11.8 Å². The normalized spacial score (nSPS) is 32.8. The molecule has 1 rings (SSSR count). The Hall–Kier alpha value is -0.290. The molecule has 2 N–H and O–H groups in total. The maximum atomic E-state index is 12.9. The van der Waals surface area contributed by atoms with Crippen LogP contribution < -0.4 is 0 Å². The predicted octanol–water partition coefficient (Wildman–Crippen LogP) is 0.667. The molecular weight excluding hydrogens is 183 g/mol. The lowest BCUT2D eigenvalue weighted by molar-refractivity contribution is -0.153. The number of halogens is 1. The molecule has 0 aliphatic carbocycles. The van der Waals surface area contributed by atoms with Crippen molar-refractivity contribution >= 4 is 17.7 Å². The molecule has 0 amide bonds. The molecule has 1 fully saturated rings. The summed E-state index contributed by atoms with van der Waals surface area (Å²) in [5, 5.41) is 17.9. The fourth-order valence-electron chi connectivity index (χ4n) is 1.23. The van der Waals surface area contributed by atoms with E-state index in [9.17, 15) is 14.3 Å². The number of thioether (sulfide) groups is 1. The van der Waals surface area contributed by atoms with E-state index >= 15 is 0 Å². The highest BCUT2D eigenvalue weighted by atomic mass is 32.2. The third kappa shape index (κ3) is 1.90. The molecule has 0 saturated carbocycles. The van der Waals surface area contributed by atoms with Crippen molar-refractivity contribution < 1.29 is 19.4 Å². The highest BCUT2D eigenvalue weighted by Gasteiger charge is 2.43. The Bertz CT molecular complexity index is 179. The van der Waals surface area contributed by atoms with E-state index in [-0.39, 0.29) is 12.2 Å². The number of carboxylic acid groups (broad SMARTS) is 1. The van der Waals surface area contributed by atoms with Gasteiger partial charge in [-0.2, -0.15) is 11.8 Å². The lowest BCUT2D eigenvalue weighted by atomic mass is 9.94. The first-order valence-electron chi connectivity index (χ1n) is 3.73. The summed E-state index contributed by atoms with van der Waals surface area (Å²) < 4.78 is 12.9. The van der Waals surface area contributed by atoms with Gasteiger partial charge in [-0.1, -0.05) is 0 Å². The molecular formula is C7H11FO3S. The summed E-state index contributed by atoms with van der Waals surface area (Å²) in [4.78, 5) is 10.3.